The molecule has 0 atom stereocenters. The monoisotopic (exact) mass is 193 g/mol. The number of nitrogens with zero attached hydrogens (tertiary/aromatic N) is 1. The van der Waals surface area contributed by atoms with Crippen molar-refractivity contribution in [2.45, 2.75) is 52.5 Å². The second-order valence-corrected chi connectivity index (χ2v) is 5.41. The van der Waals surface area contributed by atoms with Crippen LogP contribution < -0.4 is 0 Å². The van der Waals surface area contributed by atoms with Crippen molar-refractivity contribution in [2.75, 3.05) is 13.6 Å². The van der Waals surface area contributed by atoms with Crippen LogP contribution >= 0.6 is 0 Å². The van der Waals surface area contributed by atoms with E-state index in [0.29, 0.717) is 0 Å². The Labute approximate surface area is 88.9 Å². The van der Waals surface area contributed by atoms with Crippen LogP contribution in [0, 0.1) is 17.3 Å². The van der Waals surface area contributed by atoms with Gasteiger partial charge in [-0.25, -0.2) is 0 Å². The molecule has 0 aromatic carbocycles. The van der Waals surface area contributed by atoms with E-state index in [1.54, 1.807) is 0 Å². The smallest absolute Gasteiger partial charge is 0.0601 e. The molecule has 0 aromatic heterocycles. The zero-order valence-electron chi connectivity index (χ0n) is 10.1. The summed E-state index contributed by atoms with van der Waals surface area (Å²) in [7, 11) is 2.20. The van der Waals surface area contributed by atoms with Crippen LogP contribution in [0.5, 0.6) is 0 Å². The zero-order valence-corrected chi connectivity index (χ0v) is 10.1. The van der Waals surface area contributed by atoms with E-state index in [4.69, 9.17) is 0 Å². The minimum atomic E-state index is 0.149. The van der Waals surface area contributed by atoms with E-state index in [1.807, 2.05) is 0 Å². The second kappa shape index (κ2) is 4.84. The maximum atomic E-state index is 3.28. The molecule has 14 heavy (non-hydrogen) atoms. The largest absolute Gasteiger partial charge is 0.292 e. The minimum Gasteiger partial charge on any atom is -0.292 e. The molecule has 0 N–H and O–H groups in total. The van der Waals surface area contributed by atoms with Crippen LogP contribution in [0.1, 0.15) is 46.5 Å². The van der Waals surface area contributed by atoms with E-state index in [9.17, 15) is 0 Å². The first kappa shape index (κ1) is 11.6. The third kappa shape index (κ3) is 4.15. The fourth-order valence-electron chi connectivity index (χ4n) is 1.90. The van der Waals surface area contributed by atoms with E-state index in [1.165, 1.54) is 25.7 Å². The van der Waals surface area contributed by atoms with Gasteiger partial charge in [-0.15, -0.1) is 0 Å². The molecule has 1 aliphatic carbocycles. The van der Waals surface area contributed by atoms with Crippen molar-refractivity contribution in [3.05, 3.63) is 0 Å². The maximum Gasteiger partial charge on any atom is 0.0601 e. The zero-order chi connectivity index (χ0) is 10.6. The topological polar surface area (TPSA) is 3.24 Å². The van der Waals surface area contributed by atoms with Crippen molar-refractivity contribution >= 4 is 0 Å². The van der Waals surface area contributed by atoms with Gasteiger partial charge in [-0.3, -0.25) is 4.90 Å². The highest BCUT2D eigenvalue weighted by Crippen LogP contribution is 2.21. The Kier molecular flexibility index (Phi) is 4.01. The molecule has 1 saturated carbocycles. The molecule has 1 rings (SSSR count). The van der Waals surface area contributed by atoms with Crippen LogP contribution in [0.2, 0.25) is 0 Å². The number of hydrogen-bond donors (Lipinski definition) is 0. The van der Waals surface area contributed by atoms with Crippen molar-refractivity contribution in [2.24, 2.45) is 5.41 Å². The molecule has 1 heteroatoms. The Morgan fingerprint density at radius 3 is 2.29 bits per heavy atom. The molecule has 1 nitrogen and oxygen atoms in total. The van der Waals surface area contributed by atoms with Crippen molar-refractivity contribution in [3.63, 3.8) is 0 Å². The van der Waals surface area contributed by atoms with Crippen LogP contribution in [0.4, 0.5) is 0 Å². The summed E-state index contributed by atoms with van der Waals surface area (Å²) < 4.78 is 0. The summed E-state index contributed by atoms with van der Waals surface area (Å²) >= 11 is 0. The lowest BCUT2D eigenvalue weighted by Crippen LogP contribution is -2.29. The average Bonchev–Trinajstić information content (AvgIpc) is 2.53. The van der Waals surface area contributed by atoms with Crippen molar-refractivity contribution < 1.29 is 0 Å². The van der Waals surface area contributed by atoms with Crippen LogP contribution in [0.15, 0.2) is 0 Å². The van der Waals surface area contributed by atoms with E-state index in [-0.39, 0.29) is 5.41 Å². The van der Waals surface area contributed by atoms with Crippen LogP contribution in [-0.4, -0.2) is 24.5 Å². The normalized spacial score (nSPS) is 18.4. The van der Waals surface area contributed by atoms with Crippen LogP contribution in [-0.2, 0) is 0 Å². The Bertz CT molecular complexity index is 220. The van der Waals surface area contributed by atoms with Crippen LogP contribution in [0.25, 0.3) is 0 Å². The van der Waals surface area contributed by atoms with Gasteiger partial charge in [0.2, 0.25) is 0 Å². The fraction of sp³-hybridized carbons (Fsp3) is 0.846. The molecule has 0 saturated heterocycles. The minimum absolute atomic E-state index is 0.149. The molecular weight excluding hydrogens is 170 g/mol. The van der Waals surface area contributed by atoms with Gasteiger partial charge < -0.3 is 0 Å². The summed E-state index contributed by atoms with van der Waals surface area (Å²) in [6.07, 6.45) is 5.55. The lowest BCUT2D eigenvalue weighted by molar-refractivity contribution is 0.274. The van der Waals surface area contributed by atoms with Crippen molar-refractivity contribution in [1.29, 1.82) is 0 Å². The van der Waals surface area contributed by atoms with Gasteiger partial charge >= 0.3 is 0 Å². The van der Waals surface area contributed by atoms with Gasteiger partial charge in [-0.05, 0) is 40.7 Å². The SMILES string of the molecule is CN(CC#CC(C)(C)C)C1CCCC1. The highest BCUT2D eigenvalue weighted by molar-refractivity contribution is 5.08. The van der Waals surface area contributed by atoms with Gasteiger partial charge in [0.05, 0.1) is 6.54 Å². The molecule has 80 valence electrons. The standard InChI is InChI=1S/C13H23N/c1-13(2,3)10-7-11-14(4)12-8-5-6-9-12/h12H,5-6,8-9,11H2,1-4H3. The summed E-state index contributed by atoms with van der Waals surface area (Å²) in [6, 6.07) is 0.796. The number of rotatable bonds is 2. The lowest BCUT2D eigenvalue weighted by Gasteiger charge is -2.21. The average molecular weight is 193 g/mol. The molecule has 1 fully saturated rings. The summed E-state index contributed by atoms with van der Waals surface area (Å²) in [5.41, 5.74) is 0.149. The highest BCUT2D eigenvalue weighted by atomic mass is 15.1. The van der Waals surface area contributed by atoms with E-state index in [2.05, 4.69) is 44.6 Å². The first-order valence-electron chi connectivity index (χ1n) is 5.69. The predicted molar refractivity (Wildman–Crippen MR) is 62.1 cm³/mol. The van der Waals surface area contributed by atoms with E-state index in [0.717, 1.165) is 12.6 Å². The first-order chi connectivity index (χ1) is 6.49. The fourth-order valence-corrected chi connectivity index (χ4v) is 1.90. The molecule has 0 aliphatic heterocycles. The van der Waals surface area contributed by atoms with Crippen molar-refractivity contribution in [3.8, 4) is 11.8 Å². The molecule has 0 unspecified atom stereocenters. The number of hydrogen-bond acceptors (Lipinski definition) is 1. The Balaban J connectivity index is 2.32. The molecule has 0 radical (unpaired) electrons. The van der Waals surface area contributed by atoms with Gasteiger partial charge in [0.25, 0.3) is 0 Å². The Morgan fingerprint density at radius 2 is 1.79 bits per heavy atom. The van der Waals surface area contributed by atoms with Crippen molar-refractivity contribution in [1.82, 2.24) is 4.90 Å². The van der Waals surface area contributed by atoms with E-state index >= 15 is 0 Å². The summed E-state index contributed by atoms with van der Waals surface area (Å²) in [4.78, 5) is 2.41. The quantitative estimate of drug-likeness (QED) is 0.610. The third-order valence-corrected chi connectivity index (χ3v) is 2.74. The summed E-state index contributed by atoms with van der Waals surface area (Å²) in [5.74, 6) is 6.56. The molecule has 0 aromatic rings. The van der Waals surface area contributed by atoms with Gasteiger partial charge in [-0.2, -0.15) is 0 Å². The van der Waals surface area contributed by atoms with Gasteiger partial charge in [0, 0.05) is 11.5 Å². The molecular formula is C13H23N. The Morgan fingerprint density at radius 1 is 1.21 bits per heavy atom. The van der Waals surface area contributed by atoms with E-state index < -0.39 is 0 Å². The van der Waals surface area contributed by atoms with Gasteiger partial charge in [0.15, 0.2) is 0 Å². The highest BCUT2D eigenvalue weighted by Gasteiger charge is 2.18. The maximum absolute atomic E-state index is 3.28. The van der Waals surface area contributed by atoms with Gasteiger partial charge in [0.1, 0.15) is 0 Å². The molecule has 0 amide bonds. The molecule has 0 bridgehead atoms. The predicted octanol–water partition coefficient (Wildman–Crippen LogP) is 2.91. The third-order valence-electron chi connectivity index (χ3n) is 2.74. The van der Waals surface area contributed by atoms with Gasteiger partial charge in [-0.1, -0.05) is 24.7 Å². The molecule has 0 heterocycles. The molecule has 0 spiro atoms. The summed E-state index contributed by atoms with van der Waals surface area (Å²) in [5, 5.41) is 0. The summed E-state index contributed by atoms with van der Waals surface area (Å²) in [6.45, 7) is 7.42. The molecule has 1 aliphatic rings. The lowest BCUT2D eigenvalue weighted by atomic mass is 9.98. The Hall–Kier alpha value is -0.480. The second-order valence-electron chi connectivity index (χ2n) is 5.41. The first-order valence-corrected chi connectivity index (χ1v) is 5.69. The van der Waals surface area contributed by atoms with Crippen LogP contribution in [0.3, 0.4) is 0 Å².